The van der Waals surface area contributed by atoms with Crippen molar-refractivity contribution in [3.8, 4) is 17.1 Å². The number of carbonyl (C=O) groups is 1. The van der Waals surface area contributed by atoms with E-state index in [1.165, 1.54) is 24.5 Å². The SMILES string of the molecule is CN(Cc1ccc(-c2ccc3ncnc(Nc4ccc(OCc5cccc(F)c5)c(Cl)c4)c3c2)o1)C(=O)/C=C/c1cccnc1. The quantitative estimate of drug-likeness (QED) is 0.155. The van der Waals surface area contributed by atoms with E-state index >= 15 is 0 Å². The third-order valence-corrected chi connectivity index (χ3v) is 7.23. The Morgan fingerprint density at radius 3 is 2.78 bits per heavy atom. The third kappa shape index (κ3) is 7.34. The second kappa shape index (κ2) is 13.4. The van der Waals surface area contributed by atoms with Crippen molar-refractivity contribution in [2.75, 3.05) is 12.4 Å². The molecule has 0 aliphatic rings. The van der Waals surface area contributed by atoms with Crippen LogP contribution in [-0.4, -0.2) is 32.8 Å². The minimum atomic E-state index is -0.320. The van der Waals surface area contributed by atoms with E-state index < -0.39 is 0 Å². The molecular formula is C35H27ClFN5O3. The monoisotopic (exact) mass is 619 g/mol. The summed E-state index contributed by atoms with van der Waals surface area (Å²) >= 11 is 6.51. The molecule has 6 rings (SSSR count). The van der Waals surface area contributed by atoms with Crippen molar-refractivity contribution in [3.63, 3.8) is 0 Å². The summed E-state index contributed by atoms with van der Waals surface area (Å²) in [7, 11) is 1.72. The number of aromatic nitrogens is 3. The molecule has 0 saturated carbocycles. The van der Waals surface area contributed by atoms with Gasteiger partial charge in [-0.1, -0.05) is 29.8 Å². The van der Waals surface area contributed by atoms with Gasteiger partial charge >= 0.3 is 0 Å². The van der Waals surface area contributed by atoms with Crippen LogP contribution in [0.25, 0.3) is 28.3 Å². The largest absolute Gasteiger partial charge is 0.487 e. The van der Waals surface area contributed by atoms with E-state index in [0.717, 1.165) is 22.0 Å². The molecule has 0 unspecified atom stereocenters. The first-order valence-electron chi connectivity index (χ1n) is 14.0. The van der Waals surface area contributed by atoms with E-state index in [2.05, 4.69) is 20.3 Å². The minimum absolute atomic E-state index is 0.151. The molecule has 10 heteroatoms. The van der Waals surface area contributed by atoms with Gasteiger partial charge in [-0.25, -0.2) is 14.4 Å². The summed E-state index contributed by atoms with van der Waals surface area (Å²) in [6, 6.07) is 24.7. The predicted octanol–water partition coefficient (Wildman–Crippen LogP) is 8.07. The fraction of sp³-hybridized carbons (Fsp3) is 0.0857. The number of ether oxygens (including phenoxy) is 1. The average Bonchev–Trinajstić information content (AvgIpc) is 3.52. The molecule has 45 heavy (non-hydrogen) atoms. The van der Waals surface area contributed by atoms with Crippen LogP contribution in [0.15, 0.2) is 114 Å². The molecule has 0 aliphatic carbocycles. The fourth-order valence-corrected chi connectivity index (χ4v) is 4.86. The lowest BCUT2D eigenvalue weighted by Gasteiger charge is -2.13. The van der Waals surface area contributed by atoms with E-state index in [-0.39, 0.29) is 18.3 Å². The summed E-state index contributed by atoms with van der Waals surface area (Å²) in [5.74, 6) is 1.89. The molecule has 1 N–H and O–H groups in total. The molecule has 8 nitrogen and oxygen atoms in total. The molecule has 0 aliphatic heterocycles. The number of hydrogen-bond acceptors (Lipinski definition) is 7. The van der Waals surface area contributed by atoms with E-state index in [9.17, 15) is 9.18 Å². The molecule has 0 bridgehead atoms. The maximum Gasteiger partial charge on any atom is 0.246 e. The highest BCUT2D eigenvalue weighted by atomic mass is 35.5. The maximum absolute atomic E-state index is 13.5. The topological polar surface area (TPSA) is 93.4 Å². The van der Waals surface area contributed by atoms with Crippen molar-refractivity contribution < 1.29 is 18.3 Å². The van der Waals surface area contributed by atoms with Crippen molar-refractivity contribution >= 4 is 46.0 Å². The Labute approximate surface area is 263 Å². The van der Waals surface area contributed by atoms with Crippen molar-refractivity contribution in [2.24, 2.45) is 0 Å². The highest BCUT2D eigenvalue weighted by molar-refractivity contribution is 6.32. The molecule has 1 amide bonds. The molecule has 6 aromatic rings. The average molecular weight is 620 g/mol. The molecule has 3 aromatic heterocycles. The second-order valence-electron chi connectivity index (χ2n) is 10.2. The van der Waals surface area contributed by atoms with E-state index in [1.54, 1.807) is 54.7 Å². The van der Waals surface area contributed by atoms with Gasteiger partial charge in [-0.2, -0.15) is 0 Å². The predicted molar refractivity (Wildman–Crippen MR) is 172 cm³/mol. The van der Waals surface area contributed by atoms with Crippen LogP contribution in [0.3, 0.4) is 0 Å². The van der Waals surface area contributed by atoms with Crippen LogP contribution in [0.4, 0.5) is 15.9 Å². The minimum Gasteiger partial charge on any atom is -0.487 e. The molecule has 0 saturated heterocycles. The van der Waals surface area contributed by atoms with Gasteiger partial charge in [-0.3, -0.25) is 9.78 Å². The lowest BCUT2D eigenvalue weighted by molar-refractivity contribution is -0.125. The van der Waals surface area contributed by atoms with Gasteiger partial charge in [0.05, 0.1) is 17.1 Å². The van der Waals surface area contributed by atoms with E-state index in [4.69, 9.17) is 20.8 Å². The van der Waals surface area contributed by atoms with Gasteiger partial charge in [-0.15, -0.1) is 0 Å². The number of hydrogen-bond donors (Lipinski definition) is 1. The van der Waals surface area contributed by atoms with Crippen LogP contribution in [0.2, 0.25) is 5.02 Å². The summed E-state index contributed by atoms with van der Waals surface area (Å²) in [5.41, 5.74) is 3.83. The van der Waals surface area contributed by atoms with Crippen LogP contribution in [0, 0.1) is 5.82 Å². The summed E-state index contributed by atoms with van der Waals surface area (Å²) in [5, 5.41) is 4.50. The van der Waals surface area contributed by atoms with Crippen LogP contribution < -0.4 is 10.1 Å². The van der Waals surface area contributed by atoms with E-state index in [0.29, 0.717) is 45.9 Å². The highest BCUT2D eigenvalue weighted by Gasteiger charge is 2.13. The Morgan fingerprint density at radius 1 is 1.04 bits per heavy atom. The number of benzene rings is 3. The van der Waals surface area contributed by atoms with Gasteiger partial charge < -0.3 is 19.4 Å². The number of amides is 1. The summed E-state index contributed by atoms with van der Waals surface area (Å²) < 4.78 is 25.4. The molecule has 0 fully saturated rings. The first kappa shape index (κ1) is 29.5. The number of anilines is 2. The number of pyridine rings is 1. The van der Waals surface area contributed by atoms with Gasteiger partial charge in [-0.05, 0) is 83.9 Å². The Bertz CT molecular complexity index is 2000. The normalized spacial score (nSPS) is 11.2. The zero-order chi connectivity index (χ0) is 31.2. The Morgan fingerprint density at radius 2 is 1.96 bits per heavy atom. The van der Waals surface area contributed by atoms with E-state index in [1.807, 2.05) is 48.5 Å². The molecule has 0 spiro atoms. The van der Waals surface area contributed by atoms with Crippen molar-refractivity contribution in [3.05, 3.63) is 137 Å². The lowest BCUT2D eigenvalue weighted by atomic mass is 10.1. The van der Waals surface area contributed by atoms with Gasteiger partial charge in [0.25, 0.3) is 0 Å². The van der Waals surface area contributed by atoms with Gasteiger partial charge in [0.2, 0.25) is 5.91 Å². The zero-order valence-electron chi connectivity index (χ0n) is 24.2. The molecule has 224 valence electrons. The standard InChI is InChI=1S/C35H27ClFN5O3/c1-42(34(43)14-7-23-5-3-15-38-19-23)20-28-10-13-32(45-28)25-8-11-31-29(17-25)35(40-22-39-31)41-27-9-12-33(30(36)18-27)44-21-24-4-2-6-26(37)16-24/h2-19,22H,20-21H2,1H3,(H,39,40,41)/b14-7+. The van der Waals surface area contributed by atoms with Gasteiger partial charge in [0.15, 0.2) is 0 Å². The second-order valence-corrected chi connectivity index (χ2v) is 10.6. The number of furan rings is 1. The maximum atomic E-state index is 13.5. The Kier molecular flexibility index (Phi) is 8.79. The number of rotatable bonds is 10. The smallest absolute Gasteiger partial charge is 0.246 e. The highest BCUT2D eigenvalue weighted by Crippen LogP contribution is 2.33. The first-order chi connectivity index (χ1) is 21.9. The van der Waals surface area contributed by atoms with Crippen molar-refractivity contribution in [1.82, 2.24) is 19.9 Å². The van der Waals surface area contributed by atoms with Crippen molar-refractivity contribution in [2.45, 2.75) is 13.2 Å². The molecular weight excluding hydrogens is 593 g/mol. The fourth-order valence-electron chi connectivity index (χ4n) is 4.63. The molecule has 0 atom stereocenters. The van der Waals surface area contributed by atoms with Gasteiger partial charge in [0, 0.05) is 42.2 Å². The van der Waals surface area contributed by atoms with Gasteiger partial charge in [0.1, 0.15) is 41.8 Å². The number of halogens is 2. The van der Waals surface area contributed by atoms with Crippen molar-refractivity contribution in [1.29, 1.82) is 0 Å². The Balaban J connectivity index is 1.14. The summed E-state index contributed by atoms with van der Waals surface area (Å²) in [6.45, 7) is 0.496. The third-order valence-electron chi connectivity index (χ3n) is 6.93. The van der Waals surface area contributed by atoms with Crippen LogP contribution in [-0.2, 0) is 17.9 Å². The number of nitrogens with one attached hydrogen (secondary N) is 1. The molecule has 0 radical (unpaired) electrons. The van der Waals surface area contributed by atoms with Crippen LogP contribution >= 0.6 is 11.6 Å². The Hall–Kier alpha value is -5.54. The zero-order valence-corrected chi connectivity index (χ0v) is 24.9. The lowest BCUT2D eigenvalue weighted by Crippen LogP contribution is -2.23. The molecule has 3 aromatic carbocycles. The number of carbonyl (C=O) groups excluding carboxylic acids is 1. The molecule has 3 heterocycles. The van der Waals surface area contributed by atoms with Crippen LogP contribution in [0.1, 0.15) is 16.9 Å². The number of likely N-dealkylation sites (N-methyl/N-ethyl adjacent to an activating group) is 1. The summed E-state index contributed by atoms with van der Waals surface area (Å²) in [6.07, 6.45) is 8.11. The first-order valence-corrected chi connectivity index (χ1v) is 14.4. The van der Waals surface area contributed by atoms with Crippen LogP contribution in [0.5, 0.6) is 5.75 Å². The number of fused-ring (bicyclic) bond motifs is 1. The summed E-state index contributed by atoms with van der Waals surface area (Å²) in [4.78, 5) is 27.1. The number of nitrogens with zero attached hydrogens (tertiary/aromatic N) is 4.